The van der Waals surface area contributed by atoms with Crippen molar-refractivity contribution in [1.82, 2.24) is 0 Å². The highest BCUT2D eigenvalue weighted by Crippen LogP contribution is 2.43. The lowest BCUT2D eigenvalue weighted by Crippen LogP contribution is -2.10. The summed E-state index contributed by atoms with van der Waals surface area (Å²) < 4.78 is 76.4. The van der Waals surface area contributed by atoms with Gasteiger partial charge in [0, 0.05) is 16.8 Å². The van der Waals surface area contributed by atoms with Gasteiger partial charge in [0.2, 0.25) is 0 Å². The molecule has 0 aliphatic carbocycles. The van der Waals surface area contributed by atoms with Crippen LogP contribution in [0.5, 0.6) is 0 Å². The maximum Gasteiger partial charge on any atom is 0.0645 e. The van der Waals surface area contributed by atoms with E-state index in [1.165, 1.54) is 4.90 Å². The molecule has 10 rings (SSSR count). The second-order valence-electron chi connectivity index (χ2n) is 13.1. The fraction of sp³-hybridized carbons (Fsp3) is 0. The minimum absolute atomic E-state index is 0.112. The first-order valence-electron chi connectivity index (χ1n) is 21.6. The van der Waals surface area contributed by atoms with Gasteiger partial charge in [0.15, 0.2) is 0 Å². The molecule has 0 fully saturated rings. The molecule has 0 saturated heterocycles. The summed E-state index contributed by atoms with van der Waals surface area (Å²) in [6, 6.07) is 49.4. The van der Waals surface area contributed by atoms with Gasteiger partial charge in [-0.1, -0.05) is 176 Å². The predicted molar refractivity (Wildman–Crippen MR) is 227 cm³/mol. The number of fused-ring (bicyclic) bond motifs is 6. The number of nitrogens with zero attached hydrogens (tertiary/aromatic N) is 1. The lowest BCUT2D eigenvalue weighted by atomic mass is 9.97. The molecule has 1 heteroatoms. The van der Waals surface area contributed by atoms with Crippen LogP contribution in [0.1, 0.15) is 11.0 Å². The van der Waals surface area contributed by atoms with Crippen LogP contribution in [0.2, 0.25) is 0 Å². The SMILES string of the molecule is [2H]c1c([2H])c(N(c2c([2H])c([2H])c(-c3ccc4c(ccc5ccccc54)c3)c([2H])c2[2H])c2cc3ccccc3c3ccccc23)c([2H])c([2H])c1-c1ccc(-c2ccccc2)cc1. The number of hydrogen-bond acceptors (Lipinski definition) is 1. The third-order valence-electron chi connectivity index (χ3n) is 9.97. The van der Waals surface area contributed by atoms with E-state index in [-0.39, 0.29) is 70.8 Å². The van der Waals surface area contributed by atoms with Gasteiger partial charge in [0.25, 0.3) is 0 Å². The quantitative estimate of drug-likeness (QED) is 0.158. The molecular weight excluding hydrogens is 639 g/mol. The van der Waals surface area contributed by atoms with Crippen molar-refractivity contribution in [2.24, 2.45) is 0 Å². The largest absolute Gasteiger partial charge is 0.310 e. The van der Waals surface area contributed by atoms with E-state index in [1.54, 1.807) is 12.1 Å². The van der Waals surface area contributed by atoms with Crippen LogP contribution in [0.25, 0.3) is 76.5 Å². The number of anilines is 3. The van der Waals surface area contributed by atoms with Crippen molar-refractivity contribution in [1.29, 1.82) is 0 Å². The summed E-state index contributed by atoms with van der Waals surface area (Å²) in [6.07, 6.45) is 0. The molecule has 0 aliphatic rings. The Balaban J connectivity index is 1.22. The Morgan fingerprint density at radius 1 is 0.283 bits per heavy atom. The van der Waals surface area contributed by atoms with Crippen molar-refractivity contribution in [3.05, 3.63) is 212 Å². The number of rotatable bonds is 6. The van der Waals surface area contributed by atoms with E-state index in [1.807, 2.05) is 152 Å². The van der Waals surface area contributed by atoms with Crippen LogP contribution in [0.3, 0.4) is 0 Å². The number of benzene rings is 10. The van der Waals surface area contributed by atoms with Gasteiger partial charge in [-0.3, -0.25) is 0 Å². The second kappa shape index (κ2) is 13.0. The van der Waals surface area contributed by atoms with Gasteiger partial charge in [-0.25, -0.2) is 0 Å². The van der Waals surface area contributed by atoms with E-state index in [9.17, 15) is 11.0 Å². The monoisotopic (exact) mass is 681 g/mol. The highest BCUT2D eigenvalue weighted by atomic mass is 15.1. The van der Waals surface area contributed by atoms with Crippen molar-refractivity contribution >= 4 is 60.2 Å². The zero-order chi connectivity index (χ0) is 42.1. The molecule has 0 spiro atoms. The van der Waals surface area contributed by atoms with E-state index in [2.05, 4.69) is 0 Å². The van der Waals surface area contributed by atoms with Gasteiger partial charge >= 0.3 is 0 Å². The Hall–Kier alpha value is -6.96. The molecule has 248 valence electrons. The summed E-state index contributed by atoms with van der Waals surface area (Å²) in [5, 5.41) is 7.29. The molecular formula is C52H35N. The third kappa shape index (κ3) is 5.60. The first-order valence-corrected chi connectivity index (χ1v) is 17.6. The smallest absolute Gasteiger partial charge is 0.0645 e. The highest BCUT2D eigenvalue weighted by Gasteiger charge is 2.18. The average molecular weight is 682 g/mol. The molecule has 0 atom stereocenters. The van der Waals surface area contributed by atoms with Crippen LogP contribution in [0, 0.1) is 0 Å². The summed E-state index contributed by atoms with van der Waals surface area (Å²) in [5.74, 6) is 0. The van der Waals surface area contributed by atoms with Crippen LogP contribution in [0.15, 0.2) is 212 Å². The second-order valence-corrected chi connectivity index (χ2v) is 13.1. The third-order valence-corrected chi connectivity index (χ3v) is 9.97. The molecule has 0 bridgehead atoms. The normalized spacial score (nSPS) is 13.5. The summed E-state index contributed by atoms with van der Waals surface area (Å²) >= 11 is 0. The molecule has 0 radical (unpaired) electrons. The van der Waals surface area contributed by atoms with Crippen molar-refractivity contribution in [2.45, 2.75) is 0 Å². The summed E-state index contributed by atoms with van der Waals surface area (Å²) in [6.45, 7) is 0. The van der Waals surface area contributed by atoms with Crippen LogP contribution in [0.4, 0.5) is 17.1 Å². The molecule has 0 unspecified atom stereocenters. The lowest BCUT2D eigenvalue weighted by molar-refractivity contribution is 1.30. The molecule has 0 amide bonds. The number of hydrogen-bond donors (Lipinski definition) is 0. The lowest BCUT2D eigenvalue weighted by Gasteiger charge is -2.28. The topological polar surface area (TPSA) is 3.24 Å². The Morgan fingerprint density at radius 3 is 1.40 bits per heavy atom. The molecule has 1 nitrogen and oxygen atoms in total. The molecule has 0 aliphatic heterocycles. The predicted octanol–water partition coefficient (Wildman–Crippen LogP) is 14.8. The minimum atomic E-state index is -0.386. The molecule has 0 N–H and O–H groups in total. The Morgan fingerprint density at radius 2 is 0.717 bits per heavy atom. The van der Waals surface area contributed by atoms with Gasteiger partial charge < -0.3 is 4.90 Å². The Bertz CT molecular complexity index is 3340. The minimum Gasteiger partial charge on any atom is -0.310 e. The van der Waals surface area contributed by atoms with Crippen molar-refractivity contribution < 1.29 is 11.0 Å². The zero-order valence-corrected chi connectivity index (χ0v) is 28.5. The van der Waals surface area contributed by atoms with Crippen molar-refractivity contribution in [2.75, 3.05) is 4.90 Å². The van der Waals surface area contributed by atoms with Gasteiger partial charge in [-0.05, 0) is 107 Å². The van der Waals surface area contributed by atoms with Crippen LogP contribution in [-0.4, -0.2) is 0 Å². The van der Waals surface area contributed by atoms with Gasteiger partial charge in [-0.2, -0.15) is 0 Å². The van der Waals surface area contributed by atoms with Crippen LogP contribution >= 0.6 is 0 Å². The van der Waals surface area contributed by atoms with Gasteiger partial charge in [0.05, 0.1) is 16.7 Å². The standard InChI is InChI=1S/C52H35N/c1-2-10-36(11-3-1)37-18-20-38(21-19-37)39-24-29-45(30-25-39)53(52-35-43-13-5-7-15-48(43)50-16-8-9-17-51(50)52)46-31-26-40(27-32-46)42-28-33-49-44(34-42)23-22-41-12-4-6-14-47(41)49/h1-35H/i24D,25D,26D,27D,29D,30D,31D,32D. The van der Waals surface area contributed by atoms with Crippen LogP contribution < -0.4 is 4.90 Å². The van der Waals surface area contributed by atoms with Gasteiger partial charge in [0.1, 0.15) is 0 Å². The zero-order valence-electron chi connectivity index (χ0n) is 36.5. The van der Waals surface area contributed by atoms with E-state index in [0.29, 0.717) is 22.2 Å². The first kappa shape index (κ1) is 23.5. The first-order chi connectivity index (χ1) is 29.6. The maximum absolute atomic E-state index is 9.66. The van der Waals surface area contributed by atoms with E-state index in [4.69, 9.17) is 0 Å². The average Bonchev–Trinajstić information content (AvgIpc) is 3.30. The highest BCUT2D eigenvalue weighted by molar-refractivity contribution is 6.14. The molecule has 10 aromatic rings. The van der Waals surface area contributed by atoms with Crippen LogP contribution in [-0.2, 0) is 0 Å². The van der Waals surface area contributed by atoms with E-state index >= 15 is 0 Å². The Labute approximate surface area is 320 Å². The van der Waals surface area contributed by atoms with Gasteiger partial charge in [-0.15, -0.1) is 0 Å². The van der Waals surface area contributed by atoms with E-state index in [0.717, 1.165) is 48.8 Å². The molecule has 10 aromatic carbocycles. The van der Waals surface area contributed by atoms with E-state index < -0.39 is 0 Å². The van der Waals surface area contributed by atoms with Crippen molar-refractivity contribution in [3.63, 3.8) is 0 Å². The fourth-order valence-electron chi connectivity index (χ4n) is 7.32. The summed E-state index contributed by atoms with van der Waals surface area (Å²) in [7, 11) is 0. The maximum atomic E-state index is 9.66. The summed E-state index contributed by atoms with van der Waals surface area (Å²) in [5.41, 5.74) is 3.20. The molecule has 0 heterocycles. The fourth-order valence-corrected chi connectivity index (χ4v) is 7.32. The molecule has 0 aromatic heterocycles. The molecule has 53 heavy (non-hydrogen) atoms. The summed E-state index contributed by atoms with van der Waals surface area (Å²) in [4.78, 5) is 1.41. The van der Waals surface area contributed by atoms with Crippen molar-refractivity contribution in [3.8, 4) is 33.4 Å². The molecule has 0 saturated carbocycles. The Kier molecular flexibility index (Phi) is 5.76.